The lowest BCUT2D eigenvalue weighted by Crippen LogP contribution is -2.26. The Morgan fingerprint density at radius 2 is 2.00 bits per heavy atom. The summed E-state index contributed by atoms with van der Waals surface area (Å²) in [5.74, 6) is 2.18. The SMILES string of the molecule is Cc1nnc2c(N(CCCl)Cc3ccccc3)nccn12. The minimum Gasteiger partial charge on any atom is -0.348 e. The number of nitrogens with zero attached hydrogens (tertiary/aromatic N) is 5. The van der Waals surface area contributed by atoms with Crippen LogP contribution in [0.5, 0.6) is 0 Å². The normalized spacial score (nSPS) is 11.0. The van der Waals surface area contributed by atoms with Gasteiger partial charge in [-0.1, -0.05) is 30.3 Å². The zero-order valence-corrected chi connectivity index (χ0v) is 12.5. The van der Waals surface area contributed by atoms with Gasteiger partial charge in [-0.2, -0.15) is 0 Å². The molecule has 3 rings (SSSR count). The van der Waals surface area contributed by atoms with Gasteiger partial charge < -0.3 is 4.90 Å². The number of fused-ring (bicyclic) bond motifs is 1. The van der Waals surface area contributed by atoms with Gasteiger partial charge >= 0.3 is 0 Å². The van der Waals surface area contributed by atoms with Crippen LogP contribution in [0.2, 0.25) is 0 Å². The molecule has 0 amide bonds. The Kier molecular flexibility index (Phi) is 4.01. The zero-order valence-electron chi connectivity index (χ0n) is 11.8. The van der Waals surface area contributed by atoms with Gasteiger partial charge in [0.05, 0.1) is 0 Å². The van der Waals surface area contributed by atoms with E-state index in [4.69, 9.17) is 11.6 Å². The summed E-state index contributed by atoms with van der Waals surface area (Å²) in [6, 6.07) is 10.3. The van der Waals surface area contributed by atoms with Gasteiger partial charge in [-0.05, 0) is 12.5 Å². The second-order valence-electron chi connectivity index (χ2n) is 4.79. The van der Waals surface area contributed by atoms with Crippen molar-refractivity contribution in [3.05, 3.63) is 54.1 Å². The molecule has 0 saturated carbocycles. The molecule has 0 atom stereocenters. The molecule has 2 aromatic heterocycles. The fourth-order valence-corrected chi connectivity index (χ4v) is 2.52. The number of rotatable bonds is 5. The van der Waals surface area contributed by atoms with Crippen molar-refractivity contribution in [2.75, 3.05) is 17.3 Å². The van der Waals surface area contributed by atoms with Gasteiger partial charge in [-0.3, -0.25) is 4.40 Å². The summed E-state index contributed by atoms with van der Waals surface area (Å²) < 4.78 is 1.94. The van der Waals surface area contributed by atoms with E-state index in [2.05, 4.69) is 32.2 Å². The van der Waals surface area contributed by atoms with Gasteiger partial charge in [0.2, 0.25) is 5.65 Å². The molecule has 0 unspecified atom stereocenters. The Balaban J connectivity index is 1.99. The van der Waals surface area contributed by atoms with Crippen LogP contribution >= 0.6 is 11.6 Å². The molecule has 1 aromatic carbocycles. The second-order valence-corrected chi connectivity index (χ2v) is 5.17. The van der Waals surface area contributed by atoms with Crippen LogP contribution in [0.25, 0.3) is 5.65 Å². The highest BCUT2D eigenvalue weighted by Gasteiger charge is 2.15. The number of alkyl halides is 1. The molecule has 0 aliphatic carbocycles. The minimum absolute atomic E-state index is 0.530. The Hall–Kier alpha value is -2.14. The van der Waals surface area contributed by atoms with Crippen LogP contribution in [0.3, 0.4) is 0 Å². The summed E-state index contributed by atoms with van der Waals surface area (Å²) in [4.78, 5) is 6.61. The average molecular weight is 302 g/mol. The van der Waals surface area contributed by atoms with E-state index in [9.17, 15) is 0 Å². The molecule has 5 nitrogen and oxygen atoms in total. The number of aryl methyl sites for hydroxylation is 1. The molecule has 0 aliphatic rings. The third-order valence-corrected chi connectivity index (χ3v) is 3.52. The molecule has 3 aromatic rings. The summed E-state index contributed by atoms with van der Waals surface area (Å²) in [6.45, 7) is 3.37. The van der Waals surface area contributed by atoms with Crippen LogP contribution in [-0.4, -0.2) is 32.0 Å². The first-order valence-corrected chi connectivity index (χ1v) is 7.34. The molecule has 0 aliphatic heterocycles. The number of hydrogen-bond donors (Lipinski definition) is 0. The van der Waals surface area contributed by atoms with Crippen molar-refractivity contribution in [3.63, 3.8) is 0 Å². The molecule has 0 radical (unpaired) electrons. The van der Waals surface area contributed by atoms with Crippen LogP contribution < -0.4 is 4.90 Å². The predicted molar refractivity (Wildman–Crippen MR) is 83.7 cm³/mol. The lowest BCUT2D eigenvalue weighted by molar-refractivity contribution is 0.814. The van der Waals surface area contributed by atoms with Crippen LogP contribution in [0.1, 0.15) is 11.4 Å². The van der Waals surface area contributed by atoms with E-state index < -0.39 is 0 Å². The van der Waals surface area contributed by atoms with Crippen LogP contribution in [-0.2, 0) is 6.54 Å². The highest BCUT2D eigenvalue weighted by molar-refractivity contribution is 6.18. The summed E-state index contributed by atoms with van der Waals surface area (Å²) in [5.41, 5.74) is 1.97. The van der Waals surface area contributed by atoms with Gasteiger partial charge in [0, 0.05) is 31.4 Å². The second kappa shape index (κ2) is 6.10. The Bertz CT molecular complexity index is 725. The largest absolute Gasteiger partial charge is 0.348 e. The lowest BCUT2D eigenvalue weighted by atomic mass is 10.2. The van der Waals surface area contributed by atoms with Crippen LogP contribution in [0, 0.1) is 6.92 Å². The van der Waals surface area contributed by atoms with Crippen LogP contribution in [0.15, 0.2) is 42.7 Å². The smallest absolute Gasteiger partial charge is 0.203 e. The number of aromatic nitrogens is 4. The van der Waals surface area contributed by atoms with E-state index in [1.807, 2.05) is 35.7 Å². The maximum atomic E-state index is 5.96. The summed E-state index contributed by atoms with van der Waals surface area (Å²) in [6.07, 6.45) is 3.64. The standard InChI is InChI=1S/C15H16ClN5/c1-12-18-19-15-14(17-8-10-21(12)15)20(9-7-16)11-13-5-3-2-4-6-13/h2-6,8,10H,7,9,11H2,1H3. The van der Waals surface area contributed by atoms with E-state index in [0.717, 1.165) is 23.8 Å². The Morgan fingerprint density at radius 1 is 1.19 bits per heavy atom. The topological polar surface area (TPSA) is 46.3 Å². The van der Waals surface area contributed by atoms with Crippen molar-refractivity contribution in [2.45, 2.75) is 13.5 Å². The molecule has 21 heavy (non-hydrogen) atoms. The van der Waals surface area contributed by atoms with E-state index in [0.29, 0.717) is 12.4 Å². The number of anilines is 1. The van der Waals surface area contributed by atoms with Crippen molar-refractivity contribution in [1.82, 2.24) is 19.6 Å². The van der Waals surface area contributed by atoms with Crippen molar-refractivity contribution in [3.8, 4) is 0 Å². The van der Waals surface area contributed by atoms with Gasteiger partial charge in [0.15, 0.2) is 5.82 Å². The summed E-state index contributed by atoms with van der Waals surface area (Å²) in [5, 5.41) is 8.35. The Morgan fingerprint density at radius 3 is 2.76 bits per heavy atom. The van der Waals surface area contributed by atoms with Crippen LogP contribution in [0.4, 0.5) is 5.82 Å². The lowest BCUT2D eigenvalue weighted by Gasteiger charge is -2.22. The third kappa shape index (κ3) is 2.83. The molecule has 0 spiro atoms. The zero-order chi connectivity index (χ0) is 14.7. The van der Waals surface area contributed by atoms with Gasteiger partial charge in [-0.25, -0.2) is 4.98 Å². The fourth-order valence-electron chi connectivity index (χ4n) is 2.32. The van der Waals surface area contributed by atoms with Crippen molar-refractivity contribution < 1.29 is 0 Å². The quantitative estimate of drug-likeness (QED) is 0.680. The fraction of sp³-hybridized carbons (Fsp3) is 0.267. The monoisotopic (exact) mass is 301 g/mol. The molecule has 2 heterocycles. The van der Waals surface area contributed by atoms with E-state index in [1.165, 1.54) is 5.56 Å². The maximum Gasteiger partial charge on any atom is 0.203 e. The molecular formula is C15H16ClN5. The summed E-state index contributed by atoms with van der Waals surface area (Å²) in [7, 11) is 0. The number of hydrogen-bond acceptors (Lipinski definition) is 4. The van der Waals surface area contributed by atoms with E-state index in [1.54, 1.807) is 6.20 Å². The molecule has 6 heteroatoms. The highest BCUT2D eigenvalue weighted by Crippen LogP contribution is 2.19. The summed E-state index contributed by atoms with van der Waals surface area (Å²) >= 11 is 5.96. The predicted octanol–water partition coefficient (Wildman–Crippen LogP) is 2.68. The third-order valence-electron chi connectivity index (χ3n) is 3.35. The maximum absolute atomic E-state index is 5.96. The molecule has 0 fully saturated rings. The number of benzene rings is 1. The van der Waals surface area contributed by atoms with Crippen molar-refractivity contribution in [1.29, 1.82) is 0 Å². The van der Waals surface area contributed by atoms with E-state index >= 15 is 0 Å². The molecule has 0 N–H and O–H groups in total. The van der Waals surface area contributed by atoms with Gasteiger partial charge in [0.25, 0.3) is 0 Å². The molecule has 108 valence electrons. The van der Waals surface area contributed by atoms with Crippen molar-refractivity contribution >= 4 is 23.1 Å². The number of halogens is 1. The first-order chi connectivity index (χ1) is 10.3. The molecule has 0 saturated heterocycles. The first-order valence-electron chi connectivity index (χ1n) is 6.81. The highest BCUT2D eigenvalue weighted by atomic mass is 35.5. The minimum atomic E-state index is 0.530. The van der Waals surface area contributed by atoms with E-state index in [-0.39, 0.29) is 0 Å². The average Bonchev–Trinajstić information content (AvgIpc) is 2.90. The van der Waals surface area contributed by atoms with Gasteiger partial charge in [0.1, 0.15) is 5.82 Å². The molecular weight excluding hydrogens is 286 g/mol. The first kappa shape index (κ1) is 13.8. The van der Waals surface area contributed by atoms with Gasteiger partial charge in [-0.15, -0.1) is 21.8 Å². The molecule has 0 bridgehead atoms. The Labute approximate surface area is 128 Å². The van der Waals surface area contributed by atoms with Crippen molar-refractivity contribution in [2.24, 2.45) is 0 Å².